The molecule has 0 N–H and O–H groups in total. The first-order valence-electron chi connectivity index (χ1n) is 14.2. The Labute approximate surface area is 244 Å². The van der Waals surface area contributed by atoms with Crippen LogP contribution in [0.15, 0.2) is 140 Å². The zero-order valence-corrected chi connectivity index (χ0v) is 23.2. The summed E-state index contributed by atoms with van der Waals surface area (Å²) in [6.45, 7) is 2.82. The zero-order chi connectivity index (χ0) is 28.0. The lowest BCUT2D eigenvalue weighted by atomic mass is 10.1. The SMILES string of the molecule is Cc1ccnc(-n2c3ccccc3c3ccc(Oc4cccc(N5CN(c6ccccc6)c6ccccc65)c4)cc32)c1. The largest absolute Gasteiger partial charge is 0.457 e. The summed E-state index contributed by atoms with van der Waals surface area (Å²) in [5, 5.41) is 2.37. The number of ether oxygens (including phenoxy) is 1. The Balaban J connectivity index is 1.16. The molecule has 5 heteroatoms. The molecule has 0 spiro atoms. The van der Waals surface area contributed by atoms with Crippen molar-refractivity contribution in [1.29, 1.82) is 0 Å². The van der Waals surface area contributed by atoms with E-state index in [4.69, 9.17) is 9.72 Å². The summed E-state index contributed by atoms with van der Waals surface area (Å²) < 4.78 is 8.75. The zero-order valence-electron chi connectivity index (χ0n) is 23.2. The third-order valence-corrected chi connectivity index (χ3v) is 7.95. The van der Waals surface area contributed by atoms with Crippen molar-refractivity contribution >= 4 is 44.6 Å². The molecule has 0 atom stereocenters. The Morgan fingerprint density at radius 3 is 2.10 bits per heavy atom. The molecule has 8 rings (SSSR count). The lowest BCUT2D eigenvalue weighted by molar-refractivity contribution is 0.483. The van der Waals surface area contributed by atoms with Gasteiger partial charge in [-0.3, -0.25) is 4.57 Å². The van der Waals surface area contributed by atoms with E-state index in [1.807, 2.05) is 18.3 Å². The minimum Gasteiger partial charge on any atom is -0.457 e. The van der Waals surface area contributed by atoms with Crippen molar-refractivity contribution in [2.24, 2.45) is 0 Å². The summed E-state index contributed by atoms with van der Waals surface area (Å²) in [4.78, 5) is 9.39. The third-order valence-electron chi connectivity index (χ3n) is 7.95. The first-order chi connectivity index (χ1) is 20.7. The predicted molar refractivity (Wildman–Crippen MR) is 172 cm³/mol. The minimum absolute atomic E-state index is 0.725. The second-order valence-corrected chi connectivity index (χ2v) is 10.6. The van der Waals surface area contributed by atoms with E-state index in [0.29, 0.717) is 0 Å². The first kappa shape index (κ1) is 24.3. The molecule has 0 amide bonds. The molecule has 1 aliphatic heterocycles. The number of hydrogen-bond donors (Lipinski definition) is 0. The lowest BCUT2D eigenvalue weighted by Gasteiger charge is -2.22. The average molecular weight is 545 g/mol. The van der Waals surface area contributed by atoms with Gasteiger partial charge in [0.1, 0.15) is 24.0 Å². The molecule has 202 valence electrons. The van der Waals surface area contributed by atoms with Crippen LogP contribution in [0.1, 0.15) is 5.56 Å². The van der Waals surface area contributed by atoms with Crippen LogP contribution in [0.5, 0.6) is 11.5 Å². The number of pyridine rings is 1. The number of benzene rings is 5. The van der Waals surface area contributed by atoms with Crippen LogP contribution in [0.4, 0.5) is 22.7 Å². The predicted octanol–water partition coefficient (Wildman–Crippen LogP) is 9.53. The van der Waals surface area contributed by atoms with Crippen molar-refractivity contribution in [3.8, 4) is 17.3 Å². The standard InChI is InChI=1S/C37H28N4O/c1-26-20-21-38-37(22-26)41-33-15-6-5-14-31(33)32-19-18-30(24-36(32)41)42-29-13-9-12-28(23-29)40-25-39(27-10-3-2-4-11-27)34-16-7-8-17-35(34)40/h2-24H,25H2,1H3. The number of para-hydroxylation sites is 4. The summed E-state index contributed by atoms with van der Waals surface area (Å²) in [5.41, 5.74) is 7.98. The van der Waals surface area contributed by atoms with Gasteiger partial charge in [-0.15, -0.1) is 0 Å². The van der Waals surface area contributed by atoms with Gasteiger partial charge in [0, 0.05) is 40.5 Å². The molecule has 1 aliphatic rings. The highest BCUT2D eigenvalue weighted by Gasteiger charge is 2.27. The quantitative estimate of drug-likeness (QED) is 0.216. The lowest BCUT2D eigenvalue weighted by Crippen LogP contribution is -2.23. The van der Waals surface area contributed by atoms with Crippen LogP contribution in [0.3, 0.4) is 0 Å². The van der Waals surface area contributed by atoms with Crippen LogP contribution in [-0.4, -0.2) is 16.2 Å². The molecule has 0 radical (unpaired) electrons. The summed E-state index contributed by atoms with van der Waals surface area (Å²) >= 11 is 0. The Morgan fingerprint density at radius 1 is 0.571 bits per heavy atom. The Morgan fingerprint density at radius 2 is 1.26 bits per heavy atom. The van der Waals surface area contributed by atoms with Crippen molar-refractivity contribution in [2.45, 2.75) is 6.92 Å². The van der Waals surface area contributed by atoms with Crippen LogP contribution >= 0.6 is 0 Å². The Hall–Kier alpha value is -5.55. The molecule has 0 fully saturated rings. The maximum absolute atomic E-state index is 6.52. The summed E-state index contributed by atoms with van der Waals surface area (Å²) in [6, 6.07) is 46.4. The van der Waals surface area contributed by atoms with Gasteiger partial charge < -0.3 is 14.5 Å². The van der Waals surface area contributed by atoms with Gasteiger partial charge in [-0.1, -0.05) is 54.6 Å². The van der Waals surface area contributed by atoms with E-state index in [2.05, 4.69) is 143 Å². The molecule has 0 bridgehead atoms. The highest BCUT2D eigenvalue weighted by molar-refractivity contribution is 6.09. The van der Waals surface area contributed by atoms with Crippen molar-refractivity contribution in [1.82, 2.24) is 9.55 Å². The molecule has 5 aromatic carbocycles. The topological polar surface area (TPSA) is 33.5 Å². The molecular weight excluding hydrogens is 516 g/mol. The maximum Gasteiger partial charge on any atom is 0.137 e. The highest BCUT2D eigenvalue weighted by atomic mass is 16.5. The van der Waals surface area contributed by atoms with Gasteiger partial charge in [0.05, 0.1) is 22.4 Å². The molecule has 0 aliphatic carbocycles. The van der Waals surface area contributed by atoms with Gasteiger partial charge >= 0.3 is 0 Å². The van der Waals surface area contributed by atoms with Crippen LogP contribution in [0.25, 0.3) is 27.6 Å². The monoisotopic (exact) mass is 544 g/mol. The number of hydrogen-bond acceptors (Lipinski definition) is 4. The molecule has 42 heavy (non-hydrogen) atoms. The summed E-state index contributed by atoms with van der Waals surface area (Å²) in [5.74, 6) is 2.47. The molecule has 5 nitrogen and oxygen atoms in total. The molecular formula is C37H28N4O. The van der Waals surface area contributed by atoms with E-state index < -0.39 is 0 Å². The first-order valence-corrected chi connectivity index (χ1v) is 14.2. The van der Waals surface area contributed by atoms with Crippen molar-refractivity contribution < 1.29 is 4.74 Å². The molecule has 7 aromatic rings. The van der Waals surface area contributed by atoms with Crippen molar-refractivity contribution in [3.63, 3.8) is 0 Å². The molecule has 0 saturated carbocycles. The number of anilines is 4. The van der Waals surface area contributed by atoms with Crippen molar-refractivity contribution in [3.05, 3.63) is 145 Å². The van der Waals surface area contributed by atoms with Gasteiger partial charge in [0.25, 0.3) is 0 Å². The van der Waals surface area contributed by atoms with E-state index in [9.17, 15) is 0 Å². The van der Waals surface area contributed by atoms with Crippen LogP contribution < -0.4 is 14.5 Å². The highest BCUT2D eigenvalue weighted by Crippen LogP contribution is 2.44. The van der Waals surface area contributed by atoms with E-state index in [1.165, 1.54) is 33.4 Å². The van der Waals surface area contributed by atoms with Crippen LogP contribution in [0, 0.1) is 6.92 Å². The molecule has 2 aromatic heterocycles. The normalized spacial score (nSPS) is 12.7. The average Bonchev–Trinajstić information content (AvgIpc) is 3.58. The Kier molecular flexibility index (Phi) is 5.67. The molecule has 0 unspecified atom stereocenters. The van der Waals surface area contributed by atoms with Gasteiger partial charge in [0.2, 0.25) is 0 Å². The van der Waals surface area contributed by atoms with Crippen molar-refractivity contribution in [2.75, 3.05) is 16.5 Å². The fraction of sp³-hybridized carbons (Fsp3) is 0.0541. The van der Waals surface area contributed by atoms with Crippen LogP contribution in [0.2, 0.25) is 0 Å². The fourth-order valence-electron chi connectivity index (χ4n) is 6.02. The van der Waals surface area contributed by atoms with Gasteiger partial charge in [-0.2, -0.15) is 0 Å². The fourth-order valence-corrected chi connectivity index (χ4v) is 6.02. The van der Waals surface area contributed by atoms with E-state index in [-0.39, 0.29) is 0 Å². The smallest absolute Gasteiger partial charge is 0.137 e. The number of nitrogens with zero attached hydrogens (tertiary/aromatic N) is 4. The third kappa shape index (κ3) is 4.06. The van der Waals surface area contributed by atoms with Gasteiger partial charge in [0.15, 0.2) is 0 Å². The van der Waals surface area contributed by atoms with E-state index >= 15 is 0 Å². The maximum atomic E-state index is 6.52. The second kappa shape index (κ2) is 9.82. The number of fused-ring (bicyclic) bond motifs is 4. The number of rotatable bonds is 5. The van der Waals surface area contributed by atoms with Crippen LogP contribution in [-0.2, 0) is 0 Å². The summed E-state index contributed by atoms with van der Waals surface area (Å²) in [7, 11) is 0. The minimum atomic E-state index is 0.725. The van der Waals surface area contributed by atoms with E-state index in [0.717, 1.165) is 40.7 Å². The Bertz CT molecular complexity index is 2080. The van der Waals surface area contributed by atoms with E-state index in [1.54, 1.807) is 0 Å². The van der Waals surface area contributed by atoms with Gasteiger partial charge in [-0.25, -0.2) is 4.98 Å². The second-order valence-electron chi connectivity index (χ2n) is 10.6. The number of aromatic nitrogens is 2. The number of aryl methyl sites for hydroxylation is 1. The van der Waals surface area contributed by atoms with Gasteiger partial charge in [-0.05, 0) is 79.2 Å². The molecule has 3 heterocycles. The molecule has 0 saturated heterocycles. The summed E-state index contributed by atoms with van der Waals surface area (Å²) in [6.07, 6.45) is 1.87.